The van der Waals surface area contributed by atoms with E-state index in [2.05, 4.69) is 10.6 Å². The molecule has 0 saturated carbocycles. The minimum atomic E-state index is -0.344. The van der Waals surface area contributed by atoms with Gasteiger partial charge in [-0.25, -0.2) is 0 Å². The number of ether oxygens (including phenoxy) is 1. The van der Waals surface area contributed by atoms with E-state index < -0.39 is 0 Å². The number of halogens is 1. The first-order valence-corrected chi connectivity index (χ1v) is 9.14. The number of carbonyl (C=O) groups is 3. The van der Waals surface area contributed by atoms with Gasteiger partial charge in [0, 0.05) is 36.4 Å². The Labute approximate surface area is 167 Å². The van der Waals surface area contributed by atoms with Crippen LogP contribution < -0.4 is 20.3 Å². The van der Waals surface area contributed by atoms with Crippen LogP contribution in [0.1, 0.15) is 6.42 Å². The molecule has 0 radical (unpaired) electrons. The first kappa shape index (κ1) is 19.7. The molecular weight excluding hydrogens is 382 g/mol. The fraction of sp³-hybridized carbons (Fsp3) is 0.250. The van der Waals surface area contributed by atoms with Crippen molar-refractivity contribution in [2.45, 2.75) is 6.42 Å². The molecule has 1 atom stereocenters. The molecular formula is C20H20ClN3O4. The molecule has 1 fully saturated rings. The molecule has 8 heteroatoms. The van der Waals surface area contributed by atoms with Gasteiger partial charge in [-0.2, -0.15) is 0 Å². The van der Waals surface area contributed by atoms with Gasteiger partial charge in [-0.05, 0) is 42.5 Å². The molecule has 1 aliphatic rings. The summed E-state index contributed by atoms with van der Waals surface area (Å²) in [5, 5.41) is 5.80. The summed E-state index contributed by atoms with van der Waals surface area (Å²) in [6.07, 6.45) is 0.196. The van der Waals surface area contributed by atoms with Crippen molar-refractivity contribution < 1.29 is 19.1 Å². The maximum absolute atomic E-state index is 12.2. The Morgan fingerprint density at radius 1 is 1.21 bits per heavy atom. The Kier molecular flexibility index (Phi) is 6.16. The fourth-order valence-corrected chi connectivity index (χ4v) is 3.16. The number of nitrogens with zero attached hydrogens (tertiary/aromatic N) is 1. The van der Waals surface area contributed by atoms with Crippen molar-refractivity contribution in [1.82, 2.24) is 5.32 Å². The molecule has 1 heterocycles. The smallest absolute Gasteiger partial charge is 0.262 e. The molecule has 1 aliphatic heterocycles. The summed E-state index contributed by atoms with van der Waals surface area (Å²) in [5.74, 6) is -0.387. The number of hydrogen-bond donors (Lipinski definition) is 2. The first-order chi connectivity index (χ1) is 13.5. The lowest BCUT2D eigenvalue weighted by Crippen LogP contribution is -2.30. The van der Waals surface area contributed by atoms with Crippen LogP contribution in [0.15, 0.2) is 48.5 Å². The van der Waals surface area contributed by atoms with E-state index in [1.807, 2.05) is 0 Å². The zero-order valence-electron chi connectivity index (χ0n) is 15.3. The monoisotopic (exact) mass is 401 g/mol. The van der Waals surface area contributed by atoms with E-state index >= 15 is 0 Å². The zero-order valence-corrected chi connectivity index (χ0v) is 16.0. The maximum Gasteiger partial charge on any atom is 0.262 e. The van der Waals surface area contributed by atoms with E-state index in [4.69, 9.17) is 16.3 Å². The Morgan fingerprint density at radius 3 is 2.64 bits per heavy atom. The standard InChI is InChI=1S/C20H20ClN3O4/c1-22-20(27)13-9-19(26)24(11-13)16-5-7-17(8-6-16)28-12-18(25)23-15-4-2-3-14(21)10-15/h2-8,10,13H,9,11-12H2,1H3,(H,22,27)(H,23,25)/t13-/m0/s1. The van der Waals surface area contributed by atoms with Crippen LogP contribution in [0.5, 0.6) is 5.75 Å². The molecule has 7 nitrogen and oxygen atoms in total. The van der Waals surface area contributed by atoms with Crippen LogP contribution in [0.4, 0.5) is 11.4 Å². The van der Waals surface area contributed by atoms with E-state index in [0.29, 0.717) is 28.7 Å². The van der Waals surface area contributed by atoms with Gasteiger partial charge < -0.3 is 20.3 Å². The van der Waals surface area contributed by atoms with Crippen molar-refractivity contribution in [2.75, 3.05) is 30.4 Å². The molecule has 2 aromatic rings. The summed E-state index contributed by atoms with van der Waals surface area (Å²) >= 11 is 5.88. The predicted molar refractivity (Wildman–Crippen MR) is 107 cm³/mol. The summed E-state index contributed by atoms with van der Waals surface area (Å²) in [4.78, 5) is 37.4. The van der Waals surface area contributed by atoms with Crippen LogP contribution in [0.2, 0.25) is 5.02 Å². The number of carbonyl (C=O) groups excluding carboxylic acids is 3. The van der Waals surface area contributed by atoms with Crippen LogP contribution in [0.25, 0.3) is 0 Å². The third-order valence-electron chi connectivity index (χ3n) is 4.37. The Bertz CT molecular complexity index is 885. The van der Waals surface area contributed by atoms with Crippen molar-refractivity contribution in [3.8, 4) is 5.75 Å². The van der Waals surface area contributed by atoms with Gasteiger partial charge in [-0.1, -0.05) is 17.7 Å². The molecule has 3 rings (SSSR count). The third-order valence-corrected chi connectivity index (χ3v) is 4.60. The molecule has 28 heavy (non-hydrogen) atoms. The Hall–Kier alpha value is -3.06. The van der Waals surface area contributed by atoms with Crippen molar-refractivity contribution in [3.63, 3.8) is 0 Å². The summed E-state index contributed by atoms with van der Waals surface area (Å²) in [6.45, 7) is 0.188. The van der Waals surface area contributed by atoms with Gasteiger partial charge >= 0.3 is 0 Å². The van der Waals surface area contributed by atoms with E-state index in [1.165, 1.54) is 0 Å². The van der Waals surface area contributed by atoms with Crippen LogP contribution in [0, 0.1) is 5.92 Å². The van der Waals surface area contributed by atoms with E-state index in [1.54, 1.807) is 60.5 Å². The quantitative estimate of drug-likeness (QED) is 0.778. The van der Waals surface area contributed by atoms with Crippen LogP contribution in [-0.2, 0) is 14.4 Å². The molecule has 146 valence electrons. The zero-order chi connectivity index (χ0) is 20.1. The van der Waals surface area contributed by atoms with Crippen LogP contribution >= 0.6 is 11.6 Å². The second-order valence-corrected chi connectivity index (χ2v) is 6.80. The molecule has 0 bridgehead atoms. The lowest BCUT2D eigenvalue weighted by atomic mass is 10.1. The molecule has 2 N–H and O–H groups in total. The fourth-order valence-electron chi connectivity index (χ4n) is 2.97. The number of rotatable bonds is 6. The van der Waals surface area contributed by atoms with E-state index in [0.717, 1.165) is 0 Å². The summed E-state index contributed by atoms with van der Waals surface area (Å²) in [6, 6.07) is 13.7. The largest absolute Gasteiger partial charge is 0.484 e. The second kappa shape index (κ2) is 8.75. The molecule has 0 unspecified atom stereocenters. The van der Waals surface area contributed by atoms with Gasteiger partial charge in [0.25, 0.3) is 5.91 Å². The van der Waals surface area contributed by atoms with Crippen molar-refractivity contribution >= 4 is 40.7 Å². The Morgan fingerprint density at radius 2 is 1.96 bits per heavy atom. The maximum atomic E-state index is 12.2. The molecule has 1 saturated heterocycles. The van der Waals surface area contributed by atoms with Gasteiger partial charge in [0.2, 0.25) is 11.8 Å². The lowest BCUT2D eigenvalue weighted by molar-refractivity contribution is -0.125. The van der Waals surface area contributed by atoms with Gasteiger partial charge in [-0.15, -0.1) is 0 Å². The predicted octanol–water partition coefficient (Wildman–Crippen LogP) is 2.46. The number of amides is 3. The lowest BCUT2D eigenvalue weighted by Gasteiger charge is -2.17. The minimum Gasteiger partial charge on any atom is -0.484 e. The number of benzene rings is 2. The minimum absolute atomic E-state index is 0.0943. The van der Waals surface area contributed by atoms with Crippen molar-refractivity contribution in [1.29, 1.82) is 0 Å². The average molecular weight is 402 g/mol. The molecule has 2 aromatic carbocycles. The normalized spacial score (nSPS) is 16.0. The summed E-state index contributed by atoms with van der Waals surface area (Å²) in [5.41, 5.74) is 1.28. The third kappa shape index (κ3) is 4.80. The molecule has 0 aliphatic carbocycles. The summed E-state index contributed by atoms with van der Waals surface area (Å²) < 4.78 is 5.48. The first-order valence-electron chi connectivity index (χ1n) is 8.76. The molecule has 0 aromatic heterocycles. The molecule has 3 amide bonds. The van der Waals surface area contributed by atoms with Gasteiger partial charge in [0.1, 0.15) is 5.75 Å². The number of anilines is 2. The highest BCUT2D eigenvalue weighted by Gasteiger charge is 2.34. The molecule has 0 spiro atoms. The number of nitrogens with one attached hydrogen (secondary N) is 2. The van der Waals surface area contributed by atoms with Crippen molar-refractivity contribution in [2.24, 2.45) is 5.92 Å². The number of hydrogen-bond acceptors (Lipinski definition) is 4. The summed E-state index contributed by atoms with van der Waals surface area (Å²) in [7, 11) is 1.56. The van der Waals surface area contributed by atoms with Crippen molar-refractivity contribution in [3.05, 3.63) is 53.6 Å². The highest BCUT2D eigenvalue weighted by Crippen LogP contribution is 2.27. The Balaban J connectivity index is 1.54. The van der Waals surface area contributed by atoms with E-state index in [9.17, 15) is 14.4 Å². The second-order valence-electron chi connectivity index (χ2n) is 6.36. The highest BCUT2D eigenvalue weighted by atomic mass is 35.5. The SMILES string of the molecule is CNC(=O)[C@H]1CC(=O)N(c2ccc(OCC(=O)Nc3cccc(Cl)c3)cc2)C1. The average Bonchev–Trinajstić information content (AvgIpc) is 3.08. The van der Waals surface area contributed by atoms with Crippen LogP contribution in [-0.4, -0.2) is 37.9 Å². The topological polar surface area (TPSA) is 87.7 Å². The van der Waals surface area contributed by atoms with Gasteiger partial charge in [0.15, 0.2) is 6.61 Å². The highest BCUT2D eigenvalue weighted by molar-refractivity contribution is 6.30. The van der Waals surface area contributed by atoms with Gasteiger partial charge in [0.05, 0.1) is 5.92 Å². The van der Waals surface area contributed by atoms with Gasteiger partial charge in [-0.3, -0.25) is 14.4 Å². The van der Waals surface area contributed by atoms with Crippen LogP contribution in [0.3, 0.4) is 0 Å². The van der Waals surface area contributed by atoms with E-state index in [-0.39, 0.29) is 36.7 Å².